The van der Waals surface area contributed by atoms with Crippen molar-refractivity contribution >= 4 is 35.1 Å². The molecule has 2 N–H and O–H groups in total. The fourth-order valence-electron chi connectivity index (χ4n) is 6.85. The van der Waals surface area contributed by atoms with Crippen molar-refractivity contribution in [3.05, 3.63) is 47.9 Å². The summed E-state index contributed by atoms with van der Waals surface area (Å²) in [6, 6.07) is 7.70. The number of nitrogens with zero attached hydrogens (tertiary/aromatic N) is 6. The molecule has 2 bridgehead atoms. The SMILES string of the molecule is C[C@H]1COCCN1c1ccc(NC(=O)Nc2ccc(-c3nc(N4C5CCC4COC5)nc4c3C(=O)N(C)CC(C)(C)O4)cc2F)cn1. The summed E-state index contributed by atoms with van der Waals surface area (Å²) >= 11 is 0. The molecule has 0 saturated carbocycles. The molecule has 3 atom stereocenters. The molecule has 2 aromatic heterocycles. The fraction of sp³-hybridized carbons (Fsp3) is 0.485. The van der Waals surface area contributed by atoms with Gasteiger partial charge in [-0.05, 0) is 57.9 Å². The predicted octanol–water partition coefficient (Wildman–Crippen LogP) is 4.16. The molecule has 248 valence electrons. The van der Waals surface area contributed by atoms with Crippen LogP contribution in [0.5, 0.6) is 5.88 Å². The van der Waals surface area contributed by atoms with Gasteiger partial charge < -0.3 is 39.5 Å². The molecule has 4 aliphatic rings. The maximum absolute atomic E-state index is 15.7. The quantitative estimate of drug-likeness (QED) is 0.416. The average molecular weight is 647 g/mol. The Morgan fingerprint density at radius 1 is 1.04 bits per heavy atom. The molecule has 4 aliphatic heterocycles. The number of aromatic nitrogens is 3. The Bertz CT molecular complexity index is 1670. The highest BCUT2D eigenvalue weighted by Crippen LogP contribution is 2.39. The Labute approximate surface area is 272 Å². The van der Waals surface area contributed by atoms with Crippen LogP contribution in [-0.4, -0.2) is 102 Å². The third-order valence-corrected chi connectivity index (χ3v) is 9.05. The highest BCUT2D eigenvalue weighted by atomic mass is 19.1. The van der Waals surface area contributed by atoms with Gasteiger partial charge in [0.15, 0.2) is 0 Å². The summed E-state index contributed by atoms with van der Waals surface area (Å²) in [5.41, 5.74) is 0.500. The number of carbonyl (C=O) groups is 2. The van der Waals surface area contributed by atoms with Crippen molar-refractivity contribution in [2.24, 2.45) is 0 Å². The largest absolute Gasteiger partial charge is 0.469 e. The topological polar surface area (TPSA) is 134 Å². The van der Waals surface area contributed by atoms with Crippen molar-refractivity contribution in [3.63, 3.8) is 0 Å². The number of hydrogen-bond donors (Lipinski definition) is 2. The van der Waals surface area contributed by atoms with Crippen molar-refractivity contribution in [2.75, 3.05) is 67.0 Å². The molecule has 0 aliphatic carbocycles. The summed E-state index contributed by atoms with van der Waals surface area (Å²) in [5, 5.41) is 5.27. The summed E-state index contributed by atoms with van der Waals surface area (Å²) < 4.78 is 33.3. The van der Waals surface area contributed by atoms with Gasteiger partial charge in [0.2, 0.25) is 11.8 Å². The smallest absolute Gasteiger partial charge is 0.323 e. The number of rotatable bonds is 5. The normalized spacial score (nSPS) is 23.6. The molecule has 0 radical (unpaired) electrons. The number of benzene rings is 1. The Morgan fingerprint density at radius 3 is 2.53 bits per heavy atom. The van der Waals surface area contributed by atoms with Gasteiger partial charge in [0.05, 0.1) is 74.4 Å². The van der Waals surface area contributed by atoms with Crippen molar-refractivity contribution < 1.29 is 28.2 Å². The van der Waals surface area contributed by atoms with E-state index in [4.69, 9.17) is 24.2 Å². The van der Waals surface area contributed by atoms with Gasteiger partial charge >= 0.3 is 6.03 Å². The minimum Gasteiger partial charge on any atom is -0.469 e. The van der Waals surface area contributed by atoms with Gasteiger partial charge in [0, 0.05) is 19.2 Å². The molecular formula is C33H39FN8O5. The number of nitrogens with one attached hydrogen (secondary N) is 2. The Kier molecular flexibility index (Phi) is 8.08. The van der Waals surface area contributed by atoms with Gasteiger partial charge in [-0.15, -0.1) is 0 Å². The Balaban J connectivity index is 1.15. The summed E-state index contributed by atoms with van der Waals surface area (Å²) in [4.78, 5) is 46.5. The maximum atomic E-state index is 15.7. The van der Waals surface area contributed by atoms with Crippen LogP contribution >= 0.6 is 0 Å². The number of carbonyl (C=O) groups excluding carboxylic acids is 2. The molecule has 1 aromatic carbocycles. The second-order valence-corrected chi connectivity index (χ2v) is 13.2. The number of fused-ring (bicyclic) bond motifs is 3. The molecule has 2 unspecified atom stereocenters. The first kappa shape index (κ1) is 31.1. The maximum Gasteiger partial charge on any atom is 0.323 e. The van der Waals surface area contributed by atoms with E-state index in [9.17, 15) is 9.59 Å². The molecule has 13 nitrogen and oxygen atoms in total. The first-order chi connectivity index (χ1) is 22.6. The van der Waals surface area contributed by atoms with Crippen molar-refractivity contribution in [2.45, 2.75) is 57.3 Å². The van der Waals surface area contributed by atoms with E-state index in [1.165, 1.54) is 12.1 Å². The van der Waals surface area contributed by atoms with Crippen LogP contribution in [0, 0.1) is 5.82 Å². The standard InChI is InChI=1S/C33H39FN8O5/c1-19-15-45-12-11-41(19)26-10-6-21(14-35-26)36-32(44)37-25-9-5-20(13-24(25)34)28-27-29(47-33(2,3)18-40(4)30(27)43)39-31(38-28)42-22-7-8-23(42)17-46-16-22/h5-6,9-10,13-14,19,22-23H,7-8,11-12,15-18H2,1-4H3,(H2,36,37,44)/t19-,22?,23?/m0/s1. The third kappa shape index (κ3) is 6.14. The van der Waals surface area contributed by atoms with Gasteiger partial charge in [-0.1, -0.05) is 6.07 Å². The molecule has 7 rings (SSSR count). The molecule has 6 heterocycles. The second-order valence-electron chi connectivity index (χ2n) is 13.2. The van der Waals surface area contributed by atoms with Crippen molar-refractivity contribution in [3.8, 4) is 17.1 Å². The van der Waals surface area contributed by atoms with Crippen LogP contribution in [0.15, 0.2) is 36.5 Å². The Hall–Kier alpha value is -4.56. The minimum atomic E-state index is -0.717. The fourth-order valence-corrected chi connectivity index (χ4v) is 6.85. The zero-order valence-electron chi connectivity index (χ0n) is 27.0. The number of ether oxygens (including phenoxy) is 3. The number of pyridine rings is 1. The van der Waals surface area contributed by atoms with Crippen LogP contribution in [0.2, 0.25) is 0 Å². The molecule has 0 spiro atoms. The van der Waals surface area contributed by atoms with E-state index in [-0.39, 0.29) is 46.9 Å². The van der Waals surface area contributed by atoms with E-state index in [1.807, 2.05) is 19.9 Å². The summed E-state index contributed by atoms with van der Waals surface area (Å²) in [6.07, 6.45) is 3.45. The molecule has 47 heavy (non-hydrogen) atoms. The molecule has 3 amide bonds. The van der Waals surface area contributed by atoms with Gasteiger partial charge in [-0.3, -0.25) is 4.79 Å². The van der Waals surface area contributed by atoms with E-state index in [0.717, 1.165) is 25.2 Å². The van der Waals surface area contributed by atoms with Gasteiger partial charge in [-0.25, -0.2) is 19.2 Å². The van der Waals surface area contributed by atoms with E-state index in [0.29, 0.717) is 50.2 Å². The van der Waals surface area contributed by atoms with Crippen LogP contribution in [0.1, 0.15) is 44.0 Å². The first-order valence-corrected chi connectivity index (χ1v) is 16.0. The van der Waals surface area contributed by atoms with Gasteiger partial charge in [-0.2, -0.15) is 4.98 Å². The van der Waals surface area contributed by atoms with Crippen LogP contribution in [0.3, 0.4) is 0 Å². The number of likely N-dealkylation sites (N-methyl/N-ethyl adjacent to an activating group) is 1. The number of urea groups is 1. The van der Waals surface area contributed by atoms with Crippen molar-refractivity contribution in [1.82, 2.24) is 19.9 Å². The average Bonchev–Trinajstić information content (AvgIpc) is 3.24. The summed E-state index contributed by atoms with van der Waals surface area (Å²) in [6.45, 7) is 9.30. The van der Waals surface area contributed by atoms with E-state index in [1.54, 1.807) is 30.3 Å². The lowest BCUT2D eigenvalue weighted by Gasteiger charge is -2.35. The number of hydrogen-bond acceptors (Lipinski definition) is 10. The highest BCUT2D eigenvalue weighted by Gasteiger charge is 2.42. The van der Waals surface area contributed by atoms with Crippen LogP contribution in [-0.2, 0) is 9.47 Å². The molecule has 3 saturated heterocycles. The van der Waals surface area contributed by atoms with Crippen LogP contribution in [0.4, 0.5) is 32.3 Å². The zero-order valence-corrected chi connectivity index (χ0v) is 27.0. The zero-order chi connectivity index (χ0) is 32.9. The van der Waals surface area contributed by atoms with Crippen LogP contribution < -0.4 is 25.2 Å². The number of halogens is 1. The summed E-state index contributed by atoms with van der Waals surface area (Å²) in [7, 11) is 1.70. The predicted molar refractivity (Wildman–Crippen MR) is 174 cm³/mol. The number of amides is 3. The lowest BCUT2D eigenvalue weighted by atomic mass is 10.0. The first-order valence-electron chi connectivity index (χ1n) is 16.0. The summed E-state index contributed by atoms with van der Waals surface area (Å²) in [5.74, 6) is 0.372. The second kappa shape index (κ2) is 12.2. The van der Waals surface area contributed by atoms with Gasteiger partial charge in [0.1, 0.15) is 22.8 Å². The molecular weight excluding hydrogens is 607 g/mol. The molecule has 3 aromatic rings. The van der Waals surface area contributed by atoms with E-state index < -0.39 is 17.4 Å². The molecule has 14 heteroatoms. The van der Waals surface area contributed by atoms with Gasteiger partial charge in [0.25, 0.3) is 5.91 Å². The van der Waals surface area contributed by atoms with E-state index in [2.05, 4.69) is 32.3 Å². The third-order valence-electron chi connectivity index (χ3n) is 9.05. The highest BCUT2D eigenvalue weighted by molar-refractivity contribution is 6.03. The number of anilines is 4. The monoisotopic (exact) mass is 646 g/mol. The minimum absolute atomic E-state index is 0.0367. The van der Waals surface area contributed by atoms with Crippen molar-refractivity contribution in [1.29, 1.82) is 0 Å². The molecule has 3 fully saturated rings. The number of morpholine rings is 2. The lowest BCUT2D eigenvalue weighted by molar-refractivity contribution is 0.0594. The Morgan fingerprint density at radius 2 is 1.83 bits per heavy atom. The van der Waals surface area contributed by atoms with E-state index >= 15 is 4.39 Å². The van der Waals surface area contributed by atoms with Crippen LogP contribution in [0.25, 0.3) is 11.3 Å². The lowest BCUT2D eigenvalue weighted by Crippen LogP contribution is -2.47.